The lowest BCUT2D eigenvalue weighted by molar-refractivity contribution is -0.0675. The van der Waals surface area contributed by atoms with E-state index < -0.39 is 17.7 Å². The summed E-state index contributed by atoms with van der Waals surface area (Å²) < 4.78 is 12.6. The minimum atomic E-state index is -0.506. The number of aryl methyl sites for hydroxylation is 1. The first-order valence-electron chi connectivity index (χ1n) is 7.87. The molecule has 0 amide bonds. The number of rotatable bonds is 2. The Bertz CT molecular complexity index is 851. The van der Waals surface area contributed by atoms with Gasteiger partial charge < -0.3 is 14.0 Å². The molecule has 1 atom stereocenters. The highest BCUT2D eigenvalue weighted by Gasteiger charge is 2.35. The predicted molar refractivity (Wildman–Crippen MR) is 90.2 cm³/mol. The van der Waals surface area contributed by atoms with Crippen molar-refractivity contribution in [2.24, 2.45) is 7.05 Å². The van der Waals surface area contributed by atoms with Crippen molar-refractivity contribution in [2.75, 3.05) is 7.11 Å². The Balaban J connectivity index is 2.19. The van der Waals surface area contributed by atoms with E-state index >= 15 is 0 Å². The van der Waals surface area contributed by atoms with Crippen LogP contribution in [0.1, 0.15) is 47.0 Å². The van der Waals surface area contributed by atoms with Crippen molar-refractivity contribution in [3.63, 3.8) is 0 Å². The number of esters is 1. The van der Waals surface area contributed by atoms with Gasteiger partial charge in [-0.25, -0.2) is 4.79 Å². The van der Waals surface area contributed by atoms with Crippen LogP contribution in [0.3, 0.4) is 0 Å². The lowest BCUT2D eigenvalue weighted by Gasteiger charge is -2.38. The molecule has 0 radical (unpaired) electrons. The summed E-state index contributed by atoms with van der Waals surface area (Å²) in [6.07, 6.45) is 1.92. The molecule has 0 saturated carbocycles. The standard InChI is InChI=1S/C19H21NO4/c1-19(2)11-13-8-7-12(18(22)23-4)10-15(13)16(24-19)14-6-5-9-20(3)17(14)21/h5-10,16H,11H2,1-4H3. The molecule has 2 aromatic rings. The Morgan fingerprint density at radius 1 is 1.29 bits per heavy atom. The highest BCUT2D eigenvalue weighted by molar-refractivity contribution is 5.89. The van der Waals surface area contributed by atoms with Crippen molar-refractivity contribution >= 4 is 5.97 Å². The van der Waals surface area contributed by atoms with Crippen molar-refractivity contribution in [2.45, 2.75) is 32.0 Å². The summed E-state index contributed by atoms with van der Waals surface area (Å²) in [4.78, 5) is 24.4. The SMILES string of the molecule is COC(=O)c1ccc2c(c1)C(c1cccn(C)c1=O)OC(C)(C)C2. The maximum atomic E-state index is 12.6. The Morgan fingerprint density at radius 2 is 2.04 bits per heavy atom. The summed E-state index contributed by atoms with van der Waals surface area (Å²) in [5.41, 5.74) is 2.45. The molecule has 0 N–H and O–H groups in total. The Labute approximate surface area is 140 Å². The molecule has 1 aliphatic rings. The van der Waals surface area contributed by atoms with E-state index in [9.17, 15) is 9.59 Å². The fourth-order valence-corrected chi connectivity index (χ4v) is 3.18. The van der Waals surface area contributed by atoms with Gasteiger partial charge in [-0.05, 0) is 49.2 Å². The molecule has 2 heterocycles. The van der Waals surface area contributed by atoms with Gasteiger partial charge in [0.05, 0.1) is 23.8 Å². The second-order valence-corrected chi connectivity index (χ2v) is 6.72. The molecule has 5 heteroatoms. The van der Waals surface area contributed by atoms with Crippen LogP contribution in [0.4, 0.5) is 0 Å². The number of carbonyl (C=O) groups is 1. The number of nitrogens with zero attached hydrogens (tertiary/aromatic N) is 1. The van der Waals surface area contributed by atoms with Gasteiger partial charge >= 0.3 is 5.97 Å². The van der Waals surface area contributed by atoms with Crippen molar-refractivity contribution < 1.29 is 14.3 Å². The Morgan fingerprint density at radius 3 is 2.75 bits per heavy atom. The van der Waals surface area contributed by atoms with Gasteiger partial charge in [0.15, 0.2) is 0 Å². The second-order valence-electron chi connectivity index (χ2n) is 6.72. The number of methoxy groups -OCH3 is 1. The monoisotopic (exact) mass is 327 g/mol. The summed E-state index contributed by atoms with van der Waals surface area (Å²) in [6.45, 7) is 4.01. The zero-order valence-electron chi connectivity index (χ0n) is 14.3. The maximum Gasteiger partial charge on any atom is 0.337 e. The van der Waals surface area contributed by atoms with Crippen molar-refractivity contribution in [1.82, 2.24) is 4.57 Å². The van der Waals surface area contributed by atoms with E-state index in [1.807, 2.05) is 26.0 Å². The third kappa shape index (κ3) is 2.87. The van der Waals surface area contributed by atoms with E-state index in [1.165, 1.54) is 11.7 Å². The first-order valence-corrected chi connectivity index (χ1v) is 7.87. The van der Waals surface area contributed by atoms with Gasteiger partial charge in [-0.15, -0.1) is 0 Å². The molecule has 1 aromatic carbocycles. The lowest BCUT2D eigenvalue weighted by atomic mass is 9.85. The molecule has 0 aliphatic carbocycles. The normalized spacial score (nSPS) is 18.8. The fraction of sp³-hybridized carbons (Fsp3) is 0.368. The molecule has 5 nitrogen and oxygen atoms in total. The molecule has 0 saturated heterocycles. The van der Waals surface area contributed by atoms with Crippen LogP contribution in [-0.4, -0.2) is 23.2 Å². The van der Waals surface area contributed by atoms with Gasteiger partial charge in [0, 0.05) is 19.7 Å². The van der Waals surface area contributed by atoms with Crippen molar-refractivity contribution in [3.8, 4) is 0 Å². The summed E-state index contributed by atoms with van der Waals surface area (Å²) >= 11 is 0. The molecule has 0 fully saturated rings. The van der Waals surface area contributed by atoms with Crippen molar-refractivity contribution in [3.05, 3.63) is 69.1 Å². The summed E-state index contributed by atoms with van der Waals surface area (Å²) in [6, 6.07) is 9.06. The minimum Gasteiger partial charge on any atom is -0.465 e. The number of hydrogen-bond donors (Lipinski definition) is 0. The largest absolute Gasteiger partial charge is 0.465 e. The predicted octanol–water partition coefficient (Wildman–Crippen LogP) is 2.61. The van der Waals surface area contributed by atoms with Crippen LogP contribution in [0.15, 0.2) is 41.3 Å². The van der Waals surface area contributed by atoms with Crippen LogP contribution in [0, 0.1) is 0 Å². The average Bonchev–Trinajstić information content (AvgIpc) is 2.55. The van der Waals surface area contributed by atoms with Crippen LogP contribution in [0.25, 0.3) is 0 Å². The Kier molecular flexibility index (Phi) is 4.05. The number of hydrogen-bond acceptors (Lipinski definition) is 4. The van der Waals surface area contributed by atoms with Gasteiger partial charge in [-0.1, -0.05) is 6.07 Å². The zero-order valence-corrected chi connectivity index (χ0v) is 14.3. The summed E-state index contributed by atoms with van der Waals surface area (Å²) in [7, 11) is 3.07. The van der Waals surface area contributed by atoms with Crippen LogP contribution in [0.2, 0.25) is 0 Å². The first-order chi connectivity index (χ1) is 11.3. The zero-order chi connectivity index (χ0) is 17.5. The summed E-state index contributed by atoms with van der Waals surface area (Å²) in [5, 5.41) is 0. The van der Waals surface area contributed by atoms with E-state index in [4.69, 9.17) is 9.47 Å². The third-order valence-corrected chi connectivity index (χ3v) is 4.34. The van der Waals surface area contributed by atoms with Crippen LogP contribution in [0.5, 0.6) is 0 Å². The highest BCUT2D eigenvalue weighted by Crippen LogP contribution is 2.39. The summed E-state index contributed by atoms with van der Waals surface area (Å²) in [5.74, 6) is -0.401. The van der Waals surface area contributed by atoms with Gasteiger partial charge in [0.2, 0.25) is 0 Å². The smallest absolute Gasteiger partial charge is 0.337 e. The van der Waals surface area contributed by atoms with Gasteiger partial charge in [-0.2, -0.15) is 0 Å². The van der Waals surface area contributed by atoms with Gasteiger partial charge in [-0.3, -0.25) is 4.79 Å². The van der Waals surface area contributed by atoms with Crippen LogP contribution >= 0.6 is 0 Å². The fourth-order valence-electron chi connectivity index (χ4n) is 3.18. The number of aromatic nitrogens is 1. The number of ether oxygens (including phenoxy) is 2. The third-order valence-electron chi connectivity index (χ3n) is 4.34. The highest BCUT2D eigenvalue weighted by atomic mass is 16.5. The molecule has 0 spiro atoms. The molecule has 1 unspecified atom stereocenters. The van der Waals surface area contributed by atoms with Crippen molar-refractivity contribution in [1.29, 1.82) is 0 Å². The molecular weight excluding hydrogens is 306 g/mol. The van der Waals surface area contributed by atoms with Gasteiger partial charge in [0.25, 0.3) is 5.56 Å². The molecule has 24 heavy (non-hydrogen) atoms. The van der Waals surface area contributed by atoms with Crippen LogP contribution in [-0.2, 0) is 22.9 Å². The molecule has 3 rings (SSSR count). The number of carbonyl (C=O) groups excluding carboxylic acids is 1. The topological polar surface area (TPSA) is 57.5 Å². The van der Waals surface area contributed by atoms with E-state index in [2.05, 4.69) is 0 Å². The minimum absolute atomic E-state index is 0.102. The van der Waals surface area contributed by atoms with Gasteiger partial charge in [0.1, 0.15) is 6.10 Å². The quantitative estimate of drug-likeness (QED) is 0.796. The van der Waals surface area contributed by atoms with E-state index in [0.29, 0.717) is 17.5 Å². The molecular formula is C19H21NO4. The molecule has 1 aliphatic heterocycles. The number of fused-ring (bicyclic) bond motifs is 1. The Hall–Kier alpha value is -2.40. The van der Waals surface area contributed by atoms with E-state index in [1.54, 1.807) is 31.4 Å². The van der Waals surface area contributed by atoms with E-state index in [0.717, 1.165) is 11.1 Å². The van der Waals surface area contributed by atoms with Crippen LogP contribution < -0.4 is 5.56 Å². The van der Waals surface area contributed by atoms with E-state index in [-0.39, 0.29) is 5.56 Å². The molecule has 1 aromatic heterocycles. The second kappa shape index (κ2) is 5.91. The molecule has 126 valence electrons. The lowest BCUT2D eigenvalue weighted by Crippen LogP contribution is -2.37. The maximum absolute atomic E-state index is 12.6. The number of benzene rings is 1. The molecule has 0 bridgehead atoms. The number of pyridine rings is 1. The average molecular weight is 327 g/mol. The first kappa shape index (κ1) is 16.5.